The van der Waals surface area contributed by atoms with Crippen molar-refractivity contribution < 1.29 is 18.8 Å². The van der Waals surface area contributed by atoms with Crippen molar-refractivity contribution in [1.82, 2.24) is 24.8 Å². The summed E-state index contributed by atoms with van der Waals surface area (Å²) < 4.78 is 19.9. The fourth-order valence-electron chi connectivity index (χ4n) is 4.74. The molecule has 0 radical (unpaired) electrons. The SMILES string of the molecule is C=[N+](C)CCCOc1ccc2nc(-c3ccc(-c4nc5ccc(OCCCN(C)C)cc5[nH]4)cc3OCCN=[N+]=[N-])[nH]c2c1. The van der Waals surface area contributed by atoms with Gasteiger partial charge in [-0.05, 0) is 62.4 Å². The topological polar surface area (TPSA) is 140 Å². The second kappa shape index (κ2) is 14.4. The summed E-state index contributed by atoms with van der Waals surface area (Å²) >= 11 is 0. The number of aromatic nitrogens is 4. The van der Waals surface area contributed by atoms with E-state index in [4.69, 9.17) is 29.7 Å². The number of aromatic amines is 2. The fourth-order valence-corrected chi connectivity index (χ4v) is 4.74. The Labute approximate surface area is 255 Å². The van der Waals surface area contributed by atoms with Gasteiger partial charge in [0.2, 0.25) is 0 Å². The van der Waals surface area contributed by atoms with E-state index in [9.17, 15) is 0 Å². The number of ether oxygens (including phenoxy) is 3. The molecule has 0 saturated heterocycles. The molecule has 5 aromatic rings. The number of hydrogen-bond acceptors (Lipinski definition) is 7. The Morgan fingerprint density at radius 2 is 1.52 bits per heavy atom. The standard InChI is InChI=1S/C32H38N9O3/c1-40(2)14-5-16-42-23-8-11-26-28(20-23)37-31(35-26)22-7-10-25(30(19-22)44-18-13-34-39-33)32-36-27-12-9-24(21-29(27)38-32)43-17-6-15-41(3)4/h7-12,19-21H,3,5-6,13-18H2,1-2,4H3,(H,35,37)(H,36,38)/q+1. The molecule has 0 aliphatic heterocycles. The van der Waals surface area contributed by atoms with Crippen molar-refractivity contribution in [2.45, 2.75) is 12.8 Å². The van der Waals surface area contributed by atoms with Gasteiger partial charge in [-0.25, -0.2) is 14.5 Å². The van der Waals surface area contributed by atoms with Gasteiger partial charge in [-0.2, -0.15) is 0 Å². The second-order valence-electron chi connectivity index (χ2n) is 10.8. The molecule has 0 fully saturated rings. The molecular weight excluding hydrogens is 558 g/mol. The van der Waals surface area contributed by atoms with E-state index < -0.39 is 0 Å². The first-order chi connectivity index (χ1) is 21.4. The van der Waals surface area contributed by atoms with E-state index in [0.29, 0.717) is 30.6 Å². The zero-order valence-corrected chi connectivity index (χ0v) is 25.4. The van der Waals surface area contributed by atoms with Crippen LogP contribution in [0.3, 0.4) is 0 Å². The van der Waals surface area contributed by atoms with Gasteiger partial charge < -0.3 is 29.1 Å². The third-order valence-corrected chi connectivity index (χ3v) is 6.90. The van der Waals surface area contributed by atoms with Crippen LogP contribution >= 0.6 is 0 Å². The number of azide groups is 1. The number of hydrogen-bond donors (Lipinski definition) is 2. The molecule has 228 valence electrons. The van der Waals surface area contributed by atoms with Crippen molar-refractivity contribution in [3.05, 3.63) is 65.0 Å². The van der Waals surface area contributed by atoms with Gasteiger partial charge in [0, 0.05) is 35.6 Å². The summed E-state index contributed by atoms with van der Waals surface area (Å²) in [6, 6.07) is 17.5. The van der Waals surface area contributed by atoms with E-state index in [0.717, 1.165) is 70.6 Å². The average Bonchev–Trinajstić information content (AvgIpc) is 3.63. The van der Waals surface area contributed by atoms with Crippen molar-refractivity contribution in [3.63, 3.8) is 0 Å². The van der Waals surface area contributed by atoms with E-state index in [1.807, 2.05) is 66.2 Å². The number of rotatable bonds is 16. The number of nitrogens with zero attached hydrogens (tertiary/aromatic N) is 7. The van der Waals surface area contributed by atoms with E-state index in [-0.39, 0.29) is 13.2 Å². The highest BCUT2D eigenvalue weighted by atomic mass is 16.5. The number of nitrogens with one attached hydrogen (secondary N) is 2. The van der Waals surface area contributed by atoms with Crippen LogP contribution in [0.5, 0.6) is 17.2 Å². The van der Waals surface area contributed by atoms with Gasteiger partial charge >= 0.3 is 0 Å². The molecule has 3 aromatic carbocycles. The van der Waals surface area contributed by atoms with Crippen molar-refractivity contribution in [1.29, 1.82) is 0 Å². The summed E-state index contributed by atoms with van der Waals surface area (Å²) in [5.74, 6) is 3.52. The minimum Gasteiger partial charge on any atom is -0.493 e. The normalized spacial score (nSPS) is 11.2. The van der Waals surface area contributed by atoms with E-state index >= 15 is 0 Å². The molecule has 0 unspecified atom stereocenters. The van der Waals surface area contributed by atoms with Crippen LogP contribution < -0.4 is 14.2 Å². The lowest BCUT2D eigenvalue weighted by atomic mass is 10.1. The molecule has 2 heterocycles. The van der Waals surface area contributed by atoms with Crippen LogP contribution in [0.4, 0.5) is 0 Å². The zero-order valence-electron chi connectivity index (χ0n) is 25.4. The fraction of sp³-hybridized carbons (Fsp3) is 0.344. The molecule has 2 aromatic heterocycles. The molecule has 0 aliphatic rings. The Morgan fingerprint density at radius 3 is 2.18 bits per heavy atom. The second-order valence-corrected chi connectivity index (χ2v) is 10.8. The van der Waals surface area contributed by atoms with Gasteiger partial charge in [0.05, 0.1) is 54.0 Å². The number of imidazole rings is 2. The van der Waals surface area contributed by atoms with Crippen LogP contribution in [-0.4, -0.2) is 96.7 Å². The van der Waals surface area contributed by atoms with E-state index in [1.165, 1.54) is 0 Å². The first-order valence-corrected chi connectivity index (χ1v) is 14.6. The molecule has 0 atom stereocenters. The summed E-state index contributed by atoms with van der Waals surface area (Å²) in [4.78, 5) is 21.4. The maximum Gasteiger partial charge on any atom is 0.145 e. The minimum atomic E-state index is 0.201. The van der Waals surface area contributed by atoms with Crippen LogP contribution in [0, 0.1) is 0 Å². The summed E-state index contributed by atoms with van der Waals surface area (Å²) in [5, 5.41) is 3.61. The quantitative estimate of drug-likeness (QED) is 0.0363. The monoisotopic (exact) mass is 596 g/mol. The van der Waals surface area contributed by atoms with Crippen molar-refractivity contribution >= 4 is 28.8 Å². The molecule has 0 saturated carbocycles. The number of H-pyrrole nitrogens is 2. The third-order valence-electron chi connectivity index (χ3n) is 6.90. The maximum atomic E-state index is 8.70. The summed E-state index contributed by atoms with van der Waals surface area (Å²) in [6.45, 7) is 7.36. The number of fused-ring (bicyclic) bond motifs is 2. The maximum absolute atomic E-state index is 8.70. The average molecular weight is 597 g/mol. The van der Waals surface area contributed by atoms with Crippen molar-refractivity contribution in [3.8, 4) is 40.0 Å². The Balaban J connectivity index is 1.38. The molecule has 5 rings (SSSR count). The van der Waals surface area contributed by atoms with Gasteiger partial charge in [0.15, 0.2) is 0 Å². The summed E-state index contributed by atoms with van der Waals surface area (Å²) in [7, 11) is 6.05. The largest absolute Gasteiger partial charge is 0.493 e. The molecule has 0 spiro atoms. The highest BCUT2D eigenvalue weighted by molar-refractivity contribution is 5.84. The number of benzene rings is 3. The summed E-state index contributed by atoms with van der Waals surface area (Å²) in [5.41, 5.74) is 13.7. The lowest BCUT2D eigenvalue weighted by Crippen LogP contribution is -2.15. The van der Waals surface area contributed by atoms with Gasteiger partial charge in [-0.15, -0.1) is 0 Å². The molecule has 12 nitrogen and oxygen atoms in total. The first-order valence-electron chi connectivity index (χ1n) is 14.6. The molecular formula is C32H38N9O3+. The predicted octanol–water partition coefficient (Wildman–Crippen LogP) is 5.90. The molecule has 0 bridgehead atoms. The third kappa shape index (κ3) is 7.85. The Kier molecular flexibility index (Phi) is 9.96. The minimum absolute atomic E-state index is 0.201. The first kappa shape index (κ1) is 30.4. The van der Waals surface area contributed by atoms with Crippen molar-refractivity contribution in [2.24, 2.45) is 5.11 Å². The zero-order chi connectivity index (χ0) is 30.9. The predicted molar refractivity (Wildman–Crippen MR) is 173 cm³/mol. The molecule has 12 heteroatoms. The van der Waals surface area contributed by atoms with Gasteiger partial charge in [-0.1, -0.05) is 11.2 Å². The van der Waals surface area contributed by atoms with Gasteiger partial charge in [0.1, 0.15) is 49.2 Å². The van der Waals surface area contributed by atoms with Crippen LogP contribution in [0.15, 0.2) is 59.7 Å². The van der Waals surface area contributed by atoms with Crippen LogP contribution in [0.25, 0.3) is 55.3 Å². The van der Waals surface area contributed by atoms with Crippen LogP contribution in [0.1, 0.15) is 12.8 Å². The van der Waals surface area contributed by atoms with E-state index in [2.05, 4.69) is 45.7 Å². The Bertz CT molecular complexity index is 1790. The highest BCUT2D eigenvalue weighted by Gasteiger charge is 2.15. The Hall–Kier alpha value is -5.06. The molecule has 44 heavy (non-hydrogen) atoms. The highest BCUT2D eigenvalue weighted by Crippen LogP contribution is 2.35. The van der Waals surface area contributed by atoms with E-state index in [1.54, 1.807) is 0 Å². The van der Waals surface area contributed by atoms with Gasteiger partial charge in [0.25, 0.3) is 0 Å². The lowest BCUT2D eigenvalue weighted by molar-refractivity contribution is -0.489. The smallest absolute Gasteiger partial charge is 0.145 e. The Morgan fingerprint density at radius 1 is 0.864 bits per heavy atom. The van der Waals surface area contributed by atoms with Crippen LogP contribution in [-0.2, 0) is 0 Å². The van der Waals surface area contributed by atoms with Gasteiger partial charge in [-0.3, -0.25) is 0 Å². The van der Waals surface area contributed by atoms with Crippen LogP contribution in [0.2, 0.25) is 0 Å². The molecule has 0 amide bonds. The summed E-state index contributed by atoms with van der Waals surface area (Å²) in [6.07, 6.45) is 1.83. The molecule has 2 N–H and O–H groups in total. The molecule has 0 aliphatic carbocycles. The lowest BCUT2D eigenvalue weighted by Gasteiger charge is -2.11. The van der Waals surface area contributed by atoms with Crippen molar-refractivity contribution in [2.75, 3.05) is 60.6 Å².